The Morgan fingerprint density at radius 3 is 2.23 bits per heavy atom. The number of aliphatic hydroxyl groups is 1. The number of carbonyl (C=O) groups is 1. The van der Waals surface area contributed by atoms with Gasteiger partial charge in [-0.05, 0) is 31.9 Å². The number of hydrogen-bond acceptors (Lipinski definition) is 4. The summed E-state index contributed by atoms with van der Waals surface area (Å²) in [6.07, 6.45) is -0.352. The fraction of sp³-hybridized carbons (Fsp3) is 0.588. The standard InChI is InChI=1S/C17H26N2O3/c1-17(2,3)22-16(21)19-10-8-18(9-11-19)12-14-4-6-15(13-20)7-5-14/h4-7,20H,8-13H2,1-3H3/i12D2. The quantitative estimate of drug-likeness (QED) is 0.930. The molecule has 1 heterocycles. The highest BCUT2D eigenvalue weighted by atomic mass is 16.6. The predicted octanol–water partition coefficient (Wildman–Crippen LogP) is 2.23. The fourth-order valence-corrected chi connectivity index (χ4v) is 2.19. The summed E-state index contributed by atoms with van der Waals surface area (Å²) < 4.78 is 22.2. The van der Waals surface area contributed by atoms with Gasteiger partial charge < -0.3 is 14.7 Å². The van der Waals surface area contributed by atoms with Gasteiger partial charge in [-0.25, -0.2) is 4.79 Å². The van der Waals surface area contributed by atoms with Gasteiger partial charge in [-0.1, -0.05) is 24.3 Å². The lowest BCUT2D eigenvalue weighted by Gasteiger charge is -2.35. The van der Waals surface area contributed by atoms with Crippen LogP contribution in [0.2, 0.25) is 0 Å². The Balaban J connectivity index is 1.98. The number of benzene rings is 1. The van der Waals surface area contributed by atoms with Gasteiger partial charge in [0.15, 0.2) is 0 Å². The van der Waals surface area contributed by atoms with E-state index in [0.29, 0.717) is 31.7 Å². The topological polar surface area (TPSA) is 53.0 Å². The second-order valence-electron chi connectivity index (χ2n) is 6.42. The molecule has 0 atom stereocenters. The van der Waals surface area contributed by atoms with Crippen molar-refractivity contribution in [3.8, 4) is 0 Å². The molecule has 22 heavy (non-hydrogen) atoms. The molecule has 2 rings (SSSR count). The van der Waals surface area contributed by atoms with Crippen molar-refractivity contribution in [2.45, 2.75) is 39.5 Å². The smallest absolute Gasteiger partial charge is 0.410 e. The molecule has 122 valence electrons. The summed E-state index contributed by atoms with van der Waals surface area (Å²) in [4.78, 5) is 15.4. The van der Waals surface area contributed by atoms with Crippen LogP contribution in [0, 0.1) is 0 Å². The van der Waals surface area contributed by atoms with E-state index in [1.165, 1.54) is 0 Å². The summed E-state index contributed by atoms with van der Waals surface area (Å²) in [6.45, 7) is 5.56. The lowest BCUT2D eigenvalue weighted by molar-refractivity contribution is 0.0139. The monoisotopic (exact) mass is 308 g/mol. The Kier molecular flexibility index (Phi) is 4.54. The minimum Gasteiger partial charge on any atom is -0.444 e. The third-order valence-electron chi connectivity index (χ3n) is 3.36. The number of hydrogen-bond donors (Lipinski definition) is 1. The largest absolute Gasteiger partial charge is 0.444 e. The fourth-order valence-electron chi connectivity index (χ4n) is 2.19. The number of rotatable bonds is 3. The predicted molar refractivity (Wildman–Crippen MR) is 85.4 cm³/mol. The maximum absolute atomic E-state index is 12.1. The summed E-state index contributed by atoms with van der Waals surface area (Å²) in [5.41, 5.74) is 0.770. The third kappa shape index (κ3) is 5.00. The summed E-state index contributed by atoms with van der Waals surface area (Å²) >= 11 is 0. The van der Waals surface area contributed by atoms with Crippen LogP contribution in [0.5, 0.6) is 0 Å². The first-order valence-corrected chi connectivity index (χ1v) is 7.57. The Labute approximate surface area is 135 Å². The molecule has 5 heteroatoms. The Bertz CT molecular complexity index is 562. The zero-order valence-corrected chi connectivity index (χ0v) is 13.5. The minimum atomic E-state index is -1.62. The lowest BCUT2D eigenvalue weighted by atomic mass is 10.1. The Morgan fingerprint density at radius 2 is 1.73 bits per heavy atom. The molecule has 1 aliphatic heterocycles. The molecule has 0 unspecified atom stereocenters. The van der Waals surface area contributed by atoms with Crippen LogP contribution >= 0.6 is 0 Å². The van der Waals surface area contributed by atoms with Crippen molar-refractivity contribution < 1.29 is 17.4 Å². The summed E-state index contributed by atoms with van der Waals surface area (Å²) in [5.74, 6) is 0. The molecule has 5 nitrogen and oxygen atoms in total. The van der Waals surface area contributed by atoms with Gasteiger partial charge in [0.05, 0.1) is 6.61 Å². The third-order valence-corrected chi connectivity index (χ3v) is 3.36. The molecular formula is C17H26N2O3. The molecule has 1 fully saturated rings. The van der Waals surface area contributed by atoms with Gasteiger partial charge in [0.25, 0.3) is 0 Å². The van der Waals surface area contributed by atoms with E-state index in [0.717, 1.165) is 5.56 Å². The molecule has 0 saturated carbocycles. The molecule has 1 aliphatic rings. The number of nitrogens with zero attached hydrogens (tertiary/aromatic N) is 2. The maximum atomic E-state index is 12.1. The van der Waals surface area contributed by atoms with Crippen molar-refractivity contribution in [3.05, 3.63) is 35.4 Å². The number of amides is 1. The average molecular weight is 308 g/mol. The summed E-state index contributed by atoms with van der Waals surface area (Å²) in [6, 6.07) is 6.85. The van der Waals surface area contributed by atoms with Crippen LogP contribution in [0.1, 0.15) is 34.6 Å². The summed E-state index contributed by atoms with van der Waals surface area (Å²) in [5, 5.41) is 9.09. The Morgan fingerprint density at radius 1 is 1.18 bits per heavy atom. The van der Waals surface area contributed by atoms with Crippen LogP contribution in [0.15, 0.2) is 24.3 Å². The van der Waals surface area contributed by atoms with E-state index in [4.69, 9.17) is 12.6 Å². The molecule has 0 spiro atoms. The van der Waals surface area contributed by atoms with Gasteiger partial charge in [-0.2, -0.15) is 0 Å². The van der Waals surface area contributed by atoms with E-state index in [2.05, 4.69) is 0 Å². The molecule has 0 aliphatic carbocycles. The van der Waals surface area contributed by atoms with E-state index in [9.17, 15) is 4.79 Å². The first kappa shape index (κ1) is 14.0. The number of piperazine rings is 1. The zero-order chi connectivity index (χ0) is 18.0. The highest BCUT2D eigenvalue weighted by Crippen LogP contribution is 2.14. The molecule has 0 aromatic heterocycles. The number of ether oxygens (including phenoxy) is 1. The molecule has 1 amide bonds. The highest BCUT2D eigenvalue weighted by molar-refractivity contribution is 5.68. The minimum absolute atomic E-state index is 0.0577. The van der Waals surface area contributed by atoms with E-state index in [-0.39, 0.29) is 12.7 Å². The highest BCUT2D eigenvalue weighted by Gasteiger charge is 2.25. The molecule has 1 aromatic carbocycles. The van der Waals surface area contributed by atoms with Crippen molar-refractivity contribution >= 4 is 6.09 Å². The molecule has 0 radical (unpaired) electrons. The van der Waals surface area contributed by atoms with Crippen molar-refractivity contribution in [3.63, 3.8) is 0 Å². The number of carbonyl (C=O) groups excluding carboxylic acids is 1. The van der Waals surface area contributed by atoms with Crippen molar-refractivity contribution in [1.29, 1.82) is 0 Å². The van der Waals surface area contributed by atoms with Crippen LogP contribution in [0.4, 0.5) is 4.79 Å². The average Bonchev–Trinajstić information content (AvgIpc) is 2.53. The first-order chi connectivity index (χ1) is 11.1. The van der Waals surface area contributed by atoms with Crippen LogP contribution in [0.3, 0.4) is 0 Å². The Hall–Kier alpha value is -1.59. The van der Waals surface area contributed by atoms with Gasteiger partial charge in [-0.15, -0.1) is 0 Å². The van der Waals surface area contributed by atoms with Crippen LogP contribution in [0.25, 0.3) is 0 Å². The molecule has 1 saturated heterocycles. The van der Waals surface area contributed by atoms with Gasteiger partial charge >= 0.3 is 6.09 Å². The second kappa shape index (κ2) is 7.11. The van der Waals surface area contributed by atoms with E-state index >= 15 is 0 Å². The van der Waals surface area contributed by atoms with Crippen LogP contribution < -0.4 is 0 Å². The van der Waals surface area contributed by atoms with Gasteiger partial charge in [0.1, 0.15) is 5.60 Å². The van der Waals surface area contributed by atoms with Crippen molar-refractivity contribution in [2.24, 2.45) is 0 Å². The lowest BCUT2D eigenvalue weighted by Crippen LogP contribution is -2.49. The second-order valence-corrected chi connectivity index (χ2v) is 6.42. The molecule has 0 bridgehead atoms. The van der Waals surface area contributed by atoms with Crippen LogP contribution in [-0.4, -0.2) is 52.8 Å². The van der Waals surface area contributed by atoms with Crippen LogP contribution in [-0.2, 0) is 17.8 Å². The maximum Gasteiger partial charge on any atom is 0.410 e. The van der Waals surface area contributed by atoms with E-state index in [1.807, 2.05) is 20.8 Å². The van der Waals surface area contributed by atoms with Gasteiger partial charge in [0, 0.05) is 35.4 Å². The summed E-state index contributed by atoms with van der Waals surface area (Å²) in [7, 11) is 0. The first-order valence-electron chi connectivity index (χ1n) is 8.57. The molecule has 1 aromatic rings. The SMILES string of the molecule is [2H]C([2H])(c1ccc(CO)cc1)N1CCN(C(=O)OC(C)(C)C)CC1. The normalized spacial score (nSPS) is 18.6. The van der Waals surface area contributed by atoms with E-state index < -0.39 is 12.1 Å². The van der Waals surface area contributed by atoms with Crippen molar-refractivity contribution in [2.75, 3.05) is 26.2 Å². The van der Waals surface area contributed by atoms with Crippen molar-refractivity contribution in [1.82, 2.24) is 9.80 Å². The molecule has 1 N–H and O–H groups in total. The molecular weight excluding hydrogens is 280 g/mol. The van der Waals surface area contributed by atoms with Gasteiger partial charge in [0.2, 0.25) is 0 Å². The van der Waals surface area contributed by atoms with E-state index in [1.54, 1.807) is 34.1 Å². The van der Waals surface area contributed by atoms with Gasteiger partial charge in [-0.3, -0.25) is 4.90 Å². The number of aliphatic hydroxyl groups excluding tert-OH is 1. The zero-order valence-electron chi connectivity index (χ0n) is 15.5.